The van der Waals surface area contributed by atoms with E-state index in [1.807, 2.05) is 11.0 Å². The number of hydrogen-bond acceptors (Lipinski definition) is 6. The fraction of sp³-hybridized carbons (Fsp3) is 0.688. The average Bonchev–Trinajstić information content (AvgIpc) is 3.03. The van der Waals surface area contributed by atoms with Crippen LogP contribution in [0.4, 0.5) is 11.6 Å². The van der Waals surface area contributed by atoms with Crippen LogP contribution in [0.5, 0.6) is 0 Å². The molecular formula is C16H24N4O3. The fourth-order valence-corrected chi connectivity index (χ4v) is 3.71. The molecule has 0 spiro atoms. The molecule has 1 aromatic rings. The third-order valence-corrected chi connectivity index (χ3v) is 4.85. The predicted molar refractivity (Wildman–Crippen MR) is 86.6 cm³/mol. The van der Waals surface area contributed by atoms with Crippen molar-refractivity contribution < 1.29 is 15.0 Å². The van der Waals surface area contributed by atoms with Crippen LogP contribution in [0, 0.1) is 11.8 Å². The van der Waals surface area contributed by atoms with E-state index in [1.54, 1.807) is 0 Å². The molecule has 2 aliphatic heterocycles. The van der Waals surface area contributed by atoms with Crippen LogP contribution in [0.2, 0.25) is 0 Å². The van der Waals surface area contributed by atoms with Gasteiger partial charge in [-0.3, -0.25) is 4.79 Å². The minimum Gasteiger partial charge on any atom is -0.481 e. The zero-order chi connectivity index (χ0) is 16.4. The SMILES string of the molecule is CC1CC(C(=O)O)CN(c2cc(N3CCCC3CO)ncn2)C1. The summed E-state index contributed by atoms with van der Waals surface area (Å²) in [6.45, 7) is 4.38. The fourth-order valence-electron chi connectivity index (χ4n) is 3.71. The summed E-state index contributed by atoms with van der Waals surface area (Å²) < 4.78 is 0. The van der Waals surface area contributed by atoms with Crippen LogP contribution in [0.3, 0.4) is 0 Å². The first kappa shape index (κ1) is 16.0. The van der Waals surface area contributed by atoms with Crippen LogP contribution in [-0.4, -0.2) is 58.4 Å². The highest BCUT2D eigenvalue weighted by molar-refractivity contribution is 5.71. The van der Waals surface area contributed by atoms with Gasteiger partial charge < -0.3 is 20.0 Å². The van der Waals surface area contributed by atoms with E-state index in [9.17, 15) is 15.0 Å². The predicted octanol–water partition coefficient (Wildman–Crippen LogP) is 0.985. The molecule has 3 rings (SSSR count). The summed E-state index contributed by atoms with van der Waals surface area (Å²) >= 11 is 0. The van der Waals surface area contributed by atoms with Crippen molar-refractivity contribution in [3.63, 3.8) is 0 Å². The van der Waals surface area contributed by atoms with Gasteiger partial charge in [0.2, 0.25) is 0 Å². The van der Waals surface area contributed by atoms with Gasteiger partial charge in [-0.1, -0.05) is 6.92 Å². The molecule has 3 heterocycles. The van der Waals surface area contributed by atoms with Crippen molar-refractivity contribution in [2.24, 2.45) is 11.8 Å². The Labute approximate surface area is 136 Å². The number of anilines is 2. The van der Waals surface area contributed by atoms with Crippen molar-refractivity contribution in [1.29, 1.82) is 0 Å². The van der Waals surface area contributed by atoms with Crippen molar-refractivity contribution >= 4 is 17.6 Å². The molecule has 2 saturated heterocycles. The Bertz CT molecular complexity index is 568. The van der Waals surface area contributed by atoms with Crippen molar-refractivity contribution in [2.75, 3.05) is 36.0 Å². The van der Waals surface area contributed by atoms with Gasteiger partial charge in [0.15, 0.2) is 0 Å². The van der Waals surface area contributed by atoms with E-state index in [1.165, 1.54) is 6.33 Å². The van der Waals surface area contributed by atoms with E-state index >= 15 is 0 Å². The quantitative estimate of drug-likeness (QED) is 0.855. The van der Waals surface area contributed by atoms with Gasteiger partial charge in [-0.25, -0.2) is 9.97 Å². The Morgan fingerprint density at radius 2 is 2.13 bits per heavy atom. The number of carboxylic acid groups (broad SMARTS) is 1. The normalized spacial score (nSPS) is 28.2. The first-order chi connectivity index (χ1) is 11.1. The second kappa shape index (κ2) is 6.70. The maximum absolute atomic E-state index is 11.3. The molecule has 0 saturated carbocycles. The van der Waals surface area contributed by atoms with Crippen LogP contribution in [0.15, 0.2) is 12.4 Å². The lowest BCUT2D eigenvalue weighted by Gasteiger charge is -2.35. The first-order valence-electron chi connectivity index (χ1n) is 8.25. The van der Waals surface area contributed by atoms with Crippen LogP contribution in [0.1, 0.15) is 26.2 Å². The van der Waals surface area contributed by atoms with Crippen LogP contribution in [0.25, 0.3) is 0 Å². The highest BCUT2D eigenvalue weighted by atomic mass is 16.4. The summed E-state index contributed by atoms with van der Waals surface area (Å²) in [5, 5.41) is 18.8. The molecule has 126 valence electrons. The number of aliphatic hydroxyl groups is 1. The van der Waals surface area contributed by atoms with E-state index in [0.717, 1.165) is 37.6 Å². The first-order valence-corrected chi connectivity index (χ1v) is 8.25. The Hall–Kier alpha value is -1.89. The minimum atomic E-state index is -0.740. The van der Waals surface area contributed by atoms with Gasteiger partial charge in [0.05, 0.1) is 18.6 Å². The molecule has 1 aromatic heterocycles. The second-order valence-corrected chi connectivity index (χ2v) is 6.69. The van der Waals surface area contributed by atoms with Gasteiger partial charge in [0.1, 0.15) is 18.0 Å². The average molecular weight is 320 g/mol. The molecule has 2 fully saturated rings. The Kier molecular flexibility index (Phi) is 4.66. The summed E-state index contributed by atoms with van der Waals surface area (Å²) in [7, 11) is 0. The maximum Gasteiger partial charge on any atom is 0.308 e. The van der Waals surface area contributed by atoms with Gasteiger partial charge in [-0.2, -0.15) is 0 Å². The third-order valence-electron chi connectivity index (χ3n) is 4.85. The van der Waals surface area contributed by atoms with Crippen LogP contribution < -0.4 is 9.80 Å². The van der Waals surface area contributed by atoms with Gasteiger partial charge >= 0.3 is 5.97 Å². The molecule has 2 aliphatic rings. The number of piperidine rings is 1. The van der Waals surface area contributed by atoms with Crippen molar-refractivity contribution in [3.05, 3.63) is 12.4 Å². The number of aliphatic carboxylic acids is 1. The highest BCUT2D eigenvalue weighted by Gasteiger charge is 2.31. The Morgan fingerprint density at radius 1 is 1.35 bits per heavy atom. The topological polar surface area (TPSA) is 89.8 Å². The van der Waals surface area contributed by atoms with Crippen molar-refractivity contribution in [1.82, 2.24) is 9.97 Å². The zero-order valence-electron chi connectivity index (χ0n) is 13.4. The lowest BCUT2D eigenvalue weighted by atomic mass is 9.90. The maximum atomic E-state index is 11.3. The Balaban J connectivity index is 1.80. The van der Waals surface area contributed by atoms with Gasteiger partial charge in [0, 0.05) is 25.7 Å². The van der Waals surface area contributed by atoms with Gasteiger partial charge in [-0.15, -0.1) is 0 Å². The number of aromatic nitrogens is 2. The zero-order valence-corrected chi connectivity index (χ0v) is 13.4. The number of carboxylic acids is 1. The van der Waals surface area contributed by atoms with Crippen molar-refractivity contribution in [2.45, 2.75) is 32.2 Å². The molecule has 0 aliphatic carbocycles. The third kappa shape index (κ3) is 3.39. The largest absolute Gasteiger partial charge is 0.481 e. The molecule has 7 nitrogen and oxygen atoms in total. The van der Waals surface area contributed by atoms with Crippen LogP contribution >= 0.6 is 0 Å². The minimum absolute atomic E-state index is 0.116. The second-order valence-electron chi connectivity index (χ2n) is 6.69. The van der Waals surface area contributed by atoms with E-state index in [4.69, 9.17) is 0 Å². The number of rotatable bonds is 4. The molecule has 0 bridgehead atoms. The number of hydrogen-bond donors (Lipinski definition) is 2. The van der Waals surface area contributed by atoms with Crippen LogP contribution in [-0.2, 0) is 4.79 Å². The highest BCUT2D eigenvalue weighted by Crippen LogP contribution is 2.29. The summed E-state index contributed by atoms with van der Waals surface area (Å²) in [4.78, 5) is 24.2. The van der Waals surface area contributed by atoms with E-state index < -0.39 is 5.97 Å². The van der Waals surface area contributed by atoms with Crippen molar-refractivity contribution in [3.8, 4) is 0 Å². The van der Waals surface area contributed by atoms with Gasteiger partial charge in [-0.05, 0) is 25.2 Å². The summed E-state index contributed by atoms with van der Waals surface area (Å²) in [5.74, 6) is 0.818. The number of carbonyl (C=O) groups is 1. The molecule has 0 aromatic carbocycles. The van der Waals surface area contributed by atoms with E-state index in [2.05, 4.69) is 21.8 Å². The lowest BCUT2D eigenvalue weighted by Crippen LogP contribution is -2.43. The summed E-state index contributed by atoms with van der Waals surface area (Å²) in [5.41, 5.74) is 0. The molecule has 0 radical (unpaired) electrons. The lowest BCUT2D eigenvalue weighted by molar-refractivity contribution is -0.142. The standard InChI is InChI=1S/C16H24N4O3/c1-11-5-12(16(22)23)8-19(7-11)14-6-15(18-10-17-14)20-4-2-3-13(20)9-21/h6,10-13,21H,2-5,7-9H2,1H3,(H,22,23). The smallest absolute Gasteiger partial charge is 0.308 e. The number of aliphatic hydroxyl groups excluding tert-OH is 1. The molecular weight excluding hydrogens is 296 g/mol. The Morgan fingerprint density at radius 3 is 2.87 bits per heavy atom. The molecule has 23 heavy (non-hydrogen) atoms. The summed E-state index contributed by atoms with van der Waals surface area (Å²) in [6, 6.07) is 2.04. The molecule has 7 heteroatoms. The van der Waals surface area contributed by atoms with Gasteiger partial charge in [0.25, 0.3) is 0 Å². The molecule has 0 amide bonds. The summed E-state index contributed by atoms with van der Waals surface area (Å²) in [6.07, 6.45) is 4.26. The molecule has 3 unspecified atom stereocenters. The molecule has 2 N–H and O–H groups in total. The number of nitrogens with zero attached hydrogens (tertiary/aromatic N) is 4. The monoisotopic (exact) mass is 320 g/mol. The molecule has 3 atom stereocenters. The van der Waals surface area contributed by atoms with E-state index in [-0.39, 0.29) is 18.6 Å². The van der Waals surface area contributed by atoms with E-state index in [0.29, 0.717) is 18.9 Å².